The lowest BCUT2D eigenvalue weighted by Gasteiger charge is -2.34. The maximum atomic E-state index is 12.3. The van der Waals surface area contributed by atoms with Crippen LogP contribution in [0.5, 0.6) is 0 Å². The minimum Gasteiger partial charge on any atom is -0.323 e. The van der Waals surface area contributed by atoms with Crippen molar-refractivity contribution in [2.75, 3.05) is 24.2 Å². The fourth-order valence-corrected chi connectivity index (χ4v) is 3.46. The maximum absolute atomic E-state index is 12.3. The molecule has 1 aromatic heterocycles. The molecule has 1 N–H and O–H groups in total. The van der Waals surface area contributed by atoms with Gasteiger partial charge in [0.05, 0.1) is 11.9 Å². The highest BCUT2D eigenvalue weighted by atomic mass is 32.2. The van der Waals surface area contributed by atoms with Crippen molar-refractivity contribution in [3.63, 3.8) is 0 Å². The number of amides is 2. The second kappa shape index (κ2) is 6.80. The fourth-order valence-electron chi connectivity index (χ4n) is 2.16. The van der Waals surface area contributed by atoms with Crippen LogP contribution in [0.3, 0.4) is 0 Å². The predicted molar refractivity (Wildman–Crippen MR) is 80.0 cm³/mol. The number of nitrogens with zero attached hydrogens (tertiary/aromatic N) is 3. The van der Waals surface area contributed by atoms with Crippen molar-refractivity contribution in [3.8, 4) is 0 Å². The molecule has 0 aliphatic carbocycles. The molecule has 1 fully saturated rings. The van der Waals surface area contributed by atoms with Gasteiger partial charge in [0, 0.05) is 30.3 Å². The number of halogens is 3. The zero-order chi connectivity index (χ0) is 16.3. The van der Waals surface area contributed by atoms with Crippen LogP contribution in [0, 0.1) is 5.92 Å². The van der Waals surface area contributed by atoms with E-state index >= 15 is 0 Å². The van der Waals surface area contributed by atoms with E-state index in [1.54, 1.807) is 4.90 Å². The smallest absolute Gasteiger partial charge is 0.323 e. The van der Waals surface area contributed by atoms with Gasteiger partial charge in [-0.2, -0.15) is 30.0 Å². The SMILES string of the molecule is CC(C)C1CN(C(=O)Nc2cnn(CC(F)(F)F)c2)CCS1. The van der Waals surface area contributed by atoms with E-state index < -0.39 is 12.7 Å². The molecule has 1 aliphatic rings. The standard InChI is InChI=1S/C13H19F3N4OS/c1-9(2)11-7-19(3-4-22-11)12(21)18-10-5-17-20(6-10)8-13(14,15)16/h5-6,9,11H,3-4,7-8H2,1-2H3,(H,18,21). The van der Waals surface area contributed by atoms with Gasteiger partial charge >= 0.3 is 12.2 Å². The number of anilines is 1. The Morgan fingerprint density at radius 2 is 2.27 bits per heavy atom. The van der Waals surface area contributed by atoms with E-state index in [1.807, 2.05) is 11.8 Å². The van der Waals surface area contributed by atoms with Gasteiger partial charge < -0.3 is 10.2 Å². The van der Waals surface area contributed by atoms with Crippen LogP contribution in [0.15, 0.2) is 12.4 Å². The molecule has 2 heterocycles. The Bertz CT molecular complexity index is 518. The van der Waals surface area contributed by atoms with E-state index in [0.717, 1.165) is 10.4 Å². The molecule has 2 amide bonds. The molecule has 0 bridgehead atoms. The van der Waals surface area contributed by atoms with Crippen LogP contribution in [-0.4, -0.2) is 51.0 Å². The Morgan fingerprint density at radius 3 is 2.91 bits per heavy atom. The average molecular weight is 336 g/mol. The van der Waals surface area contributed by atoms with Crippen molar-refractivity contribution in [2.24, 2.45) is 5.92 Å². The summed E-state index contributed by atoms with van der Waals surface area (Å²) in [5.41, 5.74) is 0.272. The lowest BCUT2D eigenvalue weighted by molar-refractivity contribution is -0.142. The molecule has 1 aliphatic heterocycles. The Labute approximate surface area is 131 Å². The quantitative estimate of drug-likeness (QED) is 0.923. The first kappa shape index (κ1) is 17.0. The van der Waals surface area contributed by atoms with Crippen LogP contribution in [0.4, 0.5) is 23.7 Å². The first-order chi connectivity index (χ1) is 10.2. The molecule has 0 spiro atoms. The van der Waals surface area contributed by atoms with Crippen molar-refractivity contribution in [1.29, 1.82) is 0 Å². The third-order valence-corrected chi connectivity index (χ3v) is 4.89. The van der Waals surface area contributed by atoms with Crippen LogP contribution in [0.2, 0.25) is 0 Å². The summed E-state index contributed by atoms with van der Waals surface area (Å²) in [6.45, 7) is 4.33. The van der Waals surface area contributed by atoms with Gasteiger partial charge in [-0.3, -0.25) is 4.68 Å². The average Bonchev–Trinajstić information content (AvgIpc) is 2.83. The molecule has 1 saturated heterocycles. The summed E-state index contributed by atoms with van der Waals surface area (Å²) in [4.78, 5) is 13.9. The highest BCUT2D eigenvalue weighted by molar-refractivity contribution is 8.00. The van der Waals surface area contributed by atoms with E-state index in [-0.39, 0.29) is 11.7 Å². The number of nitrogens with one attached hydrogen (secondary N) is 1. The lowest BCUT2D eigenvalue weighted by Crippen LogP contribution is -2.45. The van der Waals surface area contributed by atoms with E-state index in [4.69, 9.17) is 0 Å². The van der Waals surface area contributed by atoms with Crippen LogP contribution in [0.1, 0.15) is 13.8 Å². The van der Waals surface area contributed by atoms with E-state index in [0.29, 0.717) is 24.3 Å². The zero-order valence-corrected chi connectivity index (χ0v) is 13.2. The van der Waals surface area contributed by atoms with Gasteiger partial charge in [-0.25, -0.2) is 4.79 Å². The summed E-state index contributed by atoms with van der Waals surface area (Å²) >= 11 is 1.85. The molecule has 1 atom stereocenters. The van der Waals surface area contributed by atoms with E-state index in [9.17, 15) is 18.0 Å². The van der Waals surface area contributed by atoms with Gasteiger partial charge in [-0.15, -0.1) is 0 Å². The van der Waals surface area contributed by atoms with E-state index in [1.165, 1.54) is 12.4 Å². The molecule has 0 saturated carbocycles. The largest absolute Gasteiger partial charge is 0.408 e. The molecule has 0 radical (unpaired) electrons. The van der Waals surface area contributed by atoms with Gasteiger partial charge in [0.25, 0.3) is 0 Å². The summed E-state index contributed by atoms with van der Waals surface area (Å²) in [5.74, 6) is 1.33. The zero-order valence-electron chi connectivity index (χ0n) is 12.4. The van der Waals surface area contributed by atoms with Crippen molar-refractivity contribution in [3.05, 3.63) is 12.4 Å². The van der Waals surface area contributed by atoms with Crippen LogP contribution in [0.25, 0.3) is 0 Å². The predicted octanol–water partition coefficient (Wildman–Crippen LogP) is 3.05. The van der Waals surface area contributed by atoms with Gasteiger partial charge in [0.15, 0.2) is 0 Å². The number of carbonyl (C=O) groups is 1. The van der Waals surface area contributed by atoms with Gasteiger partial charge in [0.2, 0.25) is 0 Å². The number of urea groups is 1. The lowest BCUT2D eigenvalue weighted by atomic mass is 10.1. The molecule has 22 heavy (non-hydrogen) atoms. The van der Waals surface area contributed by atoms with Gasteiger partial charge in [-0.1, -0.05) is 13.8 Å². The first-order valence-corrected chi connectivity index (χ1v) is 8.06. The third-order valence-electron chi connectivity index (χ3n) is 3.35. The Morgan fingerprint density at radius 1 is 1.55 bits per heavy atom. The first-order valence-electron chi connectivity index (χ1n) is 7.01. The Balaban J connectivity index is 1.91. The summed E-state index contributed by atoms with van der Waals surface area (Å²) in [6.07, 6.45) is -1.92. The molecule has 0 aromatic carbocycles. The van der Waals surface area contributed by atoms with Crippen LogP contribution >= 0.6 is 11.8 Å². The number of hydrogen-bond acceptors (Lipinski definition) is 3. The molecule has 9 heteroatoms. The summed E-state index contributed by atoms with van der Waals surface area (Å²) < 4.78 is 37.6. The minimum atomic E-state index is -4.33. The number of carbonyl (C=O) groups excluding carboxylic acids is 1. The van der Waals surface area contributed by atoms with Gasteiger partial charge in [-0.05, 0) is 5.92 Å². The van der Waals surface area contributed by atoms with Gasteiger partial charge in [0.1, 0.15) is 6.54 Å². The minimum absolute atomic E-state index is 0.272. The maximum Gasteiger partial charge on any atom is 0.408 e. The number of alkyl halides is 3. The molecular weight excluding hydrogens is 317 g/mol. The molecule has 1 aromatic rings. The number of aromatic nitrogens is 2. The highest BCUT2D eigenvalue weighted by Crippen LogP contribution is 2.25. The summed E-state index contributed by atoms with van der Waals surface area (Å²) in [7, 11) is 0. The Hall–Kier alpha value is -1.38. The van der Waals surface area contributed by atoms with Crippen LogP contribution in [-0.2, 0) is 6.54 Å². The normalized spacial score (nSPS) is 19.5. The van der Waals surface area contributed by atoms with Crippen molar-refractivity contribution in [2.45, 2.75) is 31.8 Å². The fraction of sp³-hybridized carbons (Fsp3) is 0.692. The monoisotopic (exact) mass is 336 g/mol. The molecular formula is C13H19F3N4OS. The number of thioether (sulfide) groups is 1. The van der Waals surface area contributed by atoms with Crippen molar-refractivity contribution < 1.29 is 18.0 Å². The van der Waals surface area contributed by atoms with Crippen LogP contribution < -0.4 is 5.32 Å². The second-order valence-corrected chi connectivity index (χ2v) is 6.92. The molecule has 5 nitrogen and oxygen atoms in total. The van der Waals surface area contributed by atoms with Crippen molar-refractivity contribution >= 4 is 23.5 Å². The highest BCUT2D eigenvalue weighted by Gasteiger charge is 2.29. The molecule has 2 rings (SSSR count). The molecule has 124 valence electrons. The third kappa shape index (κ3) is 4.82. The molecule has 1 unspecified atom stereocenters. The topological polar surface area (TPSA) is 50.2 Å². The number of rotatable bonds is 3. The summed E-state index contributed by atoms with van der Waals surface area (Å²) in [5, 5.41) is 6.59. The van der Waals surface area contributed by atoms with E-state index in [2.05, 4.69) is 24.3 Å². The second-order valence-electron chi connectivity index (χ2n) is 5.57. The number of hydrogen-bond donors (Lipinski definition) is 1. The van der Waals surface area contributed by atoms with Crippen molar-refractivity contribution in [1.82, 2.24) is 14.7 Å². The summed E-state index contributed by atoms with van der Waals surface area (Å²) in [6, 6.07) is -0.294. The Kier molecular flexibility index (Phi) is 5.25.